The lowest BCUT2D eigenvalue weighted by molar-refractivity contribution is -0.124. The van der Waals surface area contributed by atoms with Crippen molar-refractivity contribution in [2.24, 2.45) is 5.92 Å². The first-order chi connectivity index (χ1) is 13.5. The standard InChI is InChI=1S/C21H24N4O2S/c1-14(2)19(24-20(26)18-5-4-12-28-18)21(27)23-15(3)16-6-8-17(9-7-16)25-11-10-22-13-25/h4-15,19H,1-3H3,(H,23,27)(H,24,26)/t15-,19-/m0/s1. The first-order valence-corrected chi connectivity index (χ1v) is 10.1. The van der Waals surface area contributed by atoms with E-state index in [1.54, 1.807) is 18.6 Å². The molecule has 6 nitrogen and oxygen atoms in total. The summed E-state index contributed by atoms with van der Waals surface area (Å²) < 4.78 is 1.92. The Morgan fingerprint density at radius 2 is 1.82 bits per heavy atom. The number of carbonyl (C=O) groups excluding carboxylic acids is 2. The number of imidazole rings is 1. The maximum absolute atomic E-state index is 12.8. The van der Waals surface area contributed by atoms with E-state index in [0.717, 1.165) is 11.3 Å². The minimum absolute atomic E-state index is 0.0280. The van der Waals surface area contributed by atoms with E-state index in [-0.39, 0.29) is 23.8 Å². The zero-order chi connectivity index (χ0) is 20.1. The van der Waals surface area contributed by atoms with Crippen molar-refractivity contribution < 1.29 is 9.59 Å². The van der Waals surface area contributed by atoms with Crippen LogP contribution in [0.1, 0.15) is 42.0 Å². The van der Waals surface area contributed by atoms with E-state index < -0.39 is 6.04 Å². The Labute approximate surface area is 168 Å². The Bertz CT molecular complexity index is 903. The van der Waals surface area contributed by atoms with Crippen molar-refractivity contribution in [3.8, 4) is 5.69 Å². The van der Waals surface area contributed by atoms with Crippen LogP contribution in [0.4, 0.5) is 0 Å². The van der Waals surface area contributed by atoms with Gasteiger partial charge in [0.15, 0.2) is 0 Å². The van der Waals surface area contributed by atoms with Crippen LogP contribution in [0, 0.1) is 5.92 Å². The van der Waals surface area contributed by atoms with Crippen LogP contribution in [-0.4, -0.2) is 27.4 Å². The van der Waals surface area contributed by atoms with E-state index >= 15 is 0 Å². The summed E-state index contributed by atoms with van der Waals surface area (Å²) in [6.07, 6.45) is 5.35. The lowest BCUT2D eigenvalue weighted by Gasteiger charge is -2.24. The minimum atomic E-state index is -0.595. The van der Waals surface area contributed by atoms with Gasteiger partial charge in [-0.3, -0.25) is 9.59 Å². The maximum atomic E-state index is 12.8. The highest BCUT2D eigenvalue weighted by molar-refractivity contribution is 7.12. The molecule has 2 aromatic heterocycles. The molecule has 0 spiro atoms. The average Bonchev–Trinajstić information content (AvgIpc) is 3.39. The number of benzene rings is 1. The number of hydrogen-bond donors (Lipinski definition) is 2. The van der Waals surface area contributed by atoms with Gasteiger partial charge in [0.05, 0.1) is 17.2 Å². The van der Waals surface area contributed by atoms with Crippen molar-refractivity contribution in [2.45, 2.75) is 32.9 Å². The molecule has 146 valence electrons. The third kappa shape index (κ3) is 4.67. The number of thiophene rings is 1. The summed E-state index contributed by atoms with van der Waals surface area (Å²) in [5.41, 5.74) is 1.99. The van der Waals surface area contributed by atoms with Gasteiger partial charge in [-0.15, -0.1) is 11.3 Å². The van der Waals surface area contributed by atoms with Crippen LogP contribution in [0.15, 0.2) is 60.5 Å². The normalized spacial score (nSPS) is 13.1. The Hall–Kier alpha value is -2.93. The first-order valence-electron chi connectivity index (χ1n) is 9.18. The monoisotopic (exact) mass is 396 g/mol. The number of aromatic nitrogens is 2. The van der Waals surface area contributed by atoms with Gasteiger partial charge in [-0.1, -0.05) is 32.0 Å². The maximum Gasteiger partial charge on any atom is 0.262 e. The molecule has 0 saturated carbocycles. The Balaban J connectivity index is 1.64. The zero-order valence-corrected chi connectivity index (χ0v) is 16.9. The molecule has 3 aromatic rings. The molecule has 0 fully saturated rings. The molecule has 0 aliphatic rings. The predicted molar refractivity (Wildman–Crippen MR) is 111 cm³/mol. The summed E-state index contributed by atoms with van der Waals surface area (Å²) in [5.74, 6) is -0.438. The smallest absolute Gasteiger partial charge is 0.262 e. The van der Waals surface area contributed by atoms with Crippen molar-refractivity contribution in [3.63, 3.8) is 0 Å². The molecule has 0 radical (unpaired) electrons. The van der Waals surface area contributed by atoms with Gasteiger partial charge in [-0.25, -0.2) is 4.98 Å². The zero-order valence-electron chi connectivity index (χ0n) is 16.1. The molecule has 7 heteroatoms. The van der Waals surface area contributed by atoms with Gasteiger partial charge in [-0.2, -0.15) is 0 Å². The number of nitrogens with one attached hydrogen (secondary N) is 2. The number of rotatable bonds is 7. The molecule has 0 aliphatic carbocycles. The van der Waals surface area contributed by atoms with E-state index in [2.05, 4.69) is 15.6 Å². The summed E-state index contributed by atoms with van der Waals surface area (Å²) in [6, 6.07) is 10.7. The number of hydrogen-bond acceptors (Lipinski definition) is 4. The molecule has 0 aliphatic heterocycles. The van der Waals surface area contributed by atoms with E-state index in [0.29, 0.717) is 4.88 Å². The van der Waals surface area contributed by atoms with E-state index in [4.69, 9.17) is 0 Å². The first kappa shape index (κ1) is 19.8. The van der Waals surface area contributed by atoms with Gasteiger partial charge in [0, 0.05) is 18.1 Å². The largest absolute Gasteiger partial charge is 0.348 e. The molecular formula is C21H24N4O2S. The van der Waals surface area contributed by atoms with Gasteiger partial charge < -0.3 is 15.2 Å². The molecule has 2 atom stereocenters. The fourth-order valence-corrected chi connectivity index (χ4v) is 3.52. The Morgan fingerprint density at radius 1 is 1.07 bits per heavy atom. The van der Waals surface area contributed by atoms with Crippen LogP contribution in [0.2, 0.25) is 0 Å². The van der Waals surface area contributed by atoms with Crippen LogP contribution in [-0.2, 0) is 4.79 Å². The highest BCUT2D eigenvalue weighted by atomic mass is 32.1. The highest BCUT2D eigenvalue weighted by Crippen LogP contribution is 2.17. The summed E-state index contributed by atoms with van der Waals surface area (Å²) >= 11 is 1.36. The Morgan fingerprint density at radius 3 is 2.39 bits per heavy atom. The molecule has 2 heterocycles. The number of amides is 2. The molecule has 0 saturated heterocycles. The SMILES string of the molecule is CC(C)[C@H](NC(=O)c1cccs1)C(=O)N[C@@H](C)c1ccc(-n2ccnc2)cc1. The van der Waals surface area contributed by atoms with Crippen molar-refractivity contribution in [1.82, 2.24) is 20.2 Å². The number of nitrogens with zero attached hydrogens (tertiary/aromatic N) is 2. The second kappa shape index (κ2) is 8.84. The minimum Gasteiger partial charge on any atom is -0.348 e. The van der Waals surface area contributed by atoms with Crippen molar-refractivity contribution in [2.75, 3.05) is 0 Å². The van der Waals surface area contributed by atoms with Crippen LogP contribution < -0.4 is 10.6 Å². The van der Waals surface area contributed by atoms with Gasteiger partial charge >= 0.3 is 0 Å². The lowest BCUT2D eigenvalue weighted by atomic mass is 10.0. The molecule has 0 unspecified atom stereocenters. The molecule has 1 aromatic carbocycles. The van der Waals surface area contributed by atoms with E-state index in [1.807, 2.05) is 67.2 Å². The second-order valence-electron chi connectivity index (χ2n) is 6.96. The van der Waals surface area contributed by atoms with Crippen LogP contribution in [0.3, 0.4) is 0 Å². The number of carbonyl (C=O) groups is 2. The highest BCUT2D eigenvalue weighted by Gasteiger charge is 2.26. The topological polar surface area (TPSA) is 76.0 Å². The molecule has 2 amide bonds. The quantitative estimate of drug-likeness (QED) is 0.641. The van der Waals surface area contributed by atoms with Crippen LogP contribution in [0.5, 0.6) is 0 Å². The van der Waals surface area contributed by atoms with Crippen LogP contribution >= 0.6 is 11.3 Å². The van der Waals surface area contributed by atoms with E-state index in [1.165, 1.54) is 11.3 Å². The van der Waals surface area contributed by atoms with Crippen LogP contribution in [0.25, 0.3) is 5.69 Å². The predicted octanol–water partition coefficient (Wildman–Crippen LogP) is 3.57. The summed E-state index contributed by atoms with van der Waals surface area (Å²) in [5, 5.41) is 7.71. The summed E-state index contributed by atoms with van der Waals surface area (Å²) in [7, 11) is 0. The lowest BCUT2D eigenvalue weighted by Crippen LogP contribution is -2.50. The second-order valence-corrected chi connectivity index (χ2v) is 7.91. The molecule has 28 heavy (non-hydrogen) atoms. The molecule has 0 bridgehead atoms. The fraction of sp³-hybridized carbons (Fsp3) is 0.286. The molecule has 3 rings (SSSR count). The van der Waals surface area contributed by atoms with Crippen molar-refractivity contribution in [1.29, 1.82) is 0 Å². The fourth-order valence-electron chi connectivity index (χ4n) is 2.89. The third-order valence-corrected chi connectivity index (χ3v) is 5.40. The molecular weight excluding hydrogens is 372 g/mol. The van der Waals surface area contributed by atoms with Crippen molar-refractivity contribution in [3.05, 3.63) is 70.9 Å². The van der Waals surface area contributed by atoms with Gasteiger partial charge in [0.25, 0.3) is 5.91 Å². The summed E-state index contributed by atoms with van der Waals surface area (Å²) in [6.45, 7) is 5.77. The van der Waals surface area contributed by atoms with Gasteiger partial charge in [0.1, 0.15) is 6.04 Å². The Kier molecular flexibility index (Phi) is 6.26. The van der Waals surface area contributed by atoms with E-state index in [9.17, 15) is 9.59 Å². The van der Waals surface area contributed by atoms with Gasteiger partial charge in [0.2, 0.25) is 5.91 Å². The molecule has 2 N–H and O–H groups in total. The summed E-state index contributed by atoms with van der Waals surface area (Å²) in [4.78, 5) is 29.8. The average molecular weight is 397 g/mol. The van der Waals surface area contributed by atoms with Crippen molar-refractivity contribution >= 4 is 23.2 Å². The van der Waals surface area contributed by atoms with Gasteiger partial charge in [-0.05, 0) is 42.0 Å². The third-order valence-electron chi connectivity index (χ3n) is 4.54.